The van der Waals surface area contributed by atoms with Crippen molar-refractivity contribution in [3.63, 3.8) is 0 Å². The van der Waals surface area contributed by atoms with E-state index in [9.17, 15) is 13.2 Å². The Kier molecular flexibility index (Phi) is 6.13. The third-order valence-electron chi connectivity index (χ3n) is 4.64. The molecular formula is C20H24N2O4S. The van der Waals surface area contributed by atoms with Crippen LogP contribution < -0.4 is 10.1 Å². The lowest BCUT2D eigenvalue weighted by Gasteiger charge is -2.22. The lowest BCUT2D eigenvalue weighted by atomic mass is 10.2. The van der Waals surface area contributed by atoms with E-state index in [0.29, 0.717) is 30.8 Å². The van der Waals surface area contributed by atoms with E-state index in [1.54, 1.807) is 24.3 Å². The van der Waals surface area contributed by atoms with E-state index in [1.807, 2.05) is 42.3 Å². The molecule has 1 unspecified atom stereocenters. The van der Waals surface area contributed by atoms with E-state index in [2.05, 4.69) is 5.32 Å². The fourth-order valence-electron chi connectivity index (χ4n) is 3.04. The van der Waals surface area contributed by atoms with Gasteiger partial charge in [0.25, 0.3) is 0 Å². The van der Waals surface area contributed by atoms with Gasteiger partial charge in [-0.25, -0.2) is 8.42 Å². The van der Waals surface area contributed by atoms with Crippen molar-refractivity contribution in [2.24, 2.45) is 0 Å². The number of benzene rings is 2. The van der Waals surface area contributed by atoms with Crippen LogP contribution in [0.2, 0.25) is 0 Å². The SMILES string of the molecule is CN(CCC(=O)Nc1ccc(Oc2ccccc2)cc1)C1CCS(=O)(=O)C1. The summed E-state index contributed by atoms with van der Waals surface area (Å²) in [7, 11) is -1.04. The average molecular weight is 388 g/mol. The minimum absolute atomic E-state index is 0.0113. The molecule has 0 spiro atoms. The number of nitrogens with zero attached hydrogens (tertiary/aromatic N) is 1. The minimum Gasteiger partial charge on any atom is -0.457 e. The molecule has 1 aliphatic heterocycles. The van der Waals surface area contributed by atoms with Crippen LogP contribution in [0.5, 0.6) is 11.5 Å². The van der Waals surface area contributed by atoms with Crippen LogP contribution in [0.3, 0.4) is 0 Å². The summed E-state index contributed by atoms with van der Waals surface area (Å²) in [6.07, 6.45) is 0.957. The highest BCUT2D eigenvalue weighted by molar-refractivity contribution is 7.91. The van der Waals surface area contributed by atoms with Crippen molar-refractivity contribution in [1.82, 2.24) is 4.90 Å². The topological polar surface area (TPSA) is 75.7 Å². The number of hydrogen-bond acceptors (Lipinski definition) is 5. The Bertz CT molecular complexity index is 867. The van der Waals surface area contributed by atoms with Gasteiger partial charge < -0.3 is 15.0 Å². The molecular weight excluding hydrogens is 364 g/mol. The number of rotatable bonds is 7. The fraction of sp³-hybridized carbons (Fsp3) is 0.350. The highest BCUT2D eigenvalue weighted by Gasteiger charge is 2.30. The average Bonchev–Trinajstić information content (AvgIpc) is 3.02. The van der Waals surface area contributed by atoms with E-state index in [4.69, 9.17) is 4.74 Å². The smallest absolute Gasteiger partial charge is 0.225 e. The molecule has 2 aromatic rings. The maximum absolute atomic E-state index is 12.1. The van der Waals surface area contributed by atoms with Crippen LogP contribution in [0.1, 0.15) is 12.8 Å². The number of hydrogen-bond donors (Lipinski definition) is 1. The quantitative estimate of drug-likeness (QED) is 0.789. The van der Waals surface area contributed by atoms with Crippen molar-refractivity contribution in [2.45, 2.75) is 18.9 Å². The van der Waals surface area contributed by atoms with Crippen molar-refractivity contribution in [1.29, 1.82) is 0 Å². The lowest BCUT2D eigenvalue weighted by molar-refractivity contribution is -0.116. The molecule has 144 valence electrons. The Morgan fingerprint density at radius 3 is 2.41 bits per heavy atom. The van der Waals surface area contributed by atoms with Crippen molar-refractivity contribution in [2.75, 3.05) is 30.4 Å². The molecule has 1 heterocycles. The molecule has 0 radical (unpaired) electrons. The molecule has 6 nitrogen and oxygen atoms in total. The summed E-state index contributed by atoms with van der Waals surface area (Å²) in [4.78, 5) is 14.1. The van der Waals surface area contributed by atoms with Crippen LogP contribution in [0.15, 0.2) is 54.6 Å². The molecule has 27 heavy (non-hydrogen) atoms. The third-order valence-corrected chi connectivity index (χ3v) is 6.39. The molecule has 1 saturated heterocycles. The number of anilines is 1. The van der Waals surface area contributed by atoms with Crippen LogP contribution in [0.25, 0.3) is 0 Å². The summed E-state index contributed by atoms with van der Waals surface area (Å²) in [5, 5.41) is 2.86. The van der Waals surface area contributed by atoms with Crippen LogP contribution in [-0.2, 0) is 14.6 Å². The highest BCUT2D eigenvalue weighted by atomic mass is 32.2. The predicted molar refractivity (Wildman–Crippen MR) is 106 cm³/mol. The van der Waals surface area contributed by atoms with E-state index >= 15 is 0 Å². The van der Waals surface area contributed by atoms with E-state index in [-0.39, 0.29) is 23.5 Å². The second-order valence-corrected chi connectivity index (χ2v) is 9.00. The zero-order chi connectivity index (χ0) is 19.3. The third kappa shape index (κ3) is 5.80. The number of nitrogens with one attached hydrogen (secondary N) is 1. The molecule has 1 atom stereocenters. The molecule has 1 aliphatic rings. The van der Waals surface area contributed by atoms with Gasteiger partial charge in [0.1, 0.15) is 11.5 Å². The van der Waals surface area contributed by atoms with Gasteiger partial charge in [0.15, 0.2) is 9.84 Å². The van der Waals surface area contributed by atoms with Crippen LogP contribution >= 0.6 is 0 Å². The van der Waals surface area contributed by atoms with E-state index < -0.39 is 9.84 Å². The van der Waals surface area contributed by atoms with Gasteiger partial charge in [-0.3, -0.25) is 4.79 Å². The molecule has 7 heteroatoms. The first-order valence-electron chi connectivity index (χ1n) is 8.95. The van der Waals surface area contributed by atoms with Crippen molar-refractivity contribution < 1.29 is 17.9 Å². The summed E-state index contributed by atoms with van der Waals surface area (Å²) >= 11 is 0. The molecule has 3 rings (SSSR count). The Labute approximate surface area is 160 Å². The Morgan fingerprint density at radius 2 is 1.78 bits per heavy atom. The summed E-state index contributed by atoms with van der Waals surface area (Å²) < 4.78 is 28.8. The van der Waals surface area contributed by atoms with Crippen LogP contribution in [0.4, 0.5) is 5.69 Å². The largest absolute Gasteiger partial charge is 0.457 e. The van der Waals surface area contributed by atoms with E-state index in [1.165, 1.54) is 0 Å². The standard InChI is InChI=1S/C20H24N2O4S/c1-22(17-12-14-27(24,25)15-17)13-11-20(23)21-16-7-9-19(10-8-16)26-18-5-3-2-4-6-18/h2-10,17H,11-15H2,1H3,(H,21,23). The Hall–Kier alpha value is -2.38. The van der Waals surface area contributed by atoms with E-state index in [0.717, 1.165) is 5.75 Å². The zero-order valence-corrected chi connectivity index (χ0v) is 16.1. The zero-order valence-electron chi connectivity index (χ0n) is 15.3. The van der Waals surface area contributed by atoms with Crippen LogP contribution in [0, 0.1) is 0 Å². The molecule has 1 amide bonds. The van der Waals surface area contributed by atoms with Gasteiger partial charge in [0.05, 0.1) is 11.5 Å². The first-order chi connectivity index (χ1) is 12.9. The van der Waals surface area contributed by atoms with Crippen molar-refractivity contribution in [3.05, 3.63) is 54.6 Å². The number of amides is 1. The maximum atomic E-state index is 12.1. The monoisotopic (exact) mass is 388 g/mol. The molecule has 0 saturated carbocycles. The molecule has 0 bridgehead atoms. The summed E-state index contributed by atoms with van der Waals surface area (Å²) in [6.45, 7) is 0.529. The van der Waals surface area contributed by atoms with Gasteiger partial charge in [-0.1, -0.05) is 18.2 Å². The van der Waals surface area contributed by atoms with Gasteiger partial charge in [-0.2, -0.15) is 0 Å². The first kappa shape index (κ1) is 19.4. The Balaban J connectivity index is 1.45. The van der Waals surface area contributed by atoms with Crippen molar-refractivity contribution >= 4 is 21.4 Å². The van der Waals surface area contributed by atoms with Gasteiger partial charge >= 0.3 is 0 Å². The Morgan fingerprint density at radius 1 is 1.11 bits per heavy atom. The molecule has 1 fully saturated rings. The molecule has 2 aromatic carbocycles. The molecule has 1 N–H and O–H groups in total. The van der Waals surface area contributed by atoms with Gasteiger partial charge in [0.2, 0.25) is 5.91 Å². The van der Waals surface area contributed by atoms with Crippen molar-refractivity contribution in [3.8, 4) is 11.5 Å². The maximum Gasteiger partial charge on any atom is 0.225 e. The minimum atomic E-state index is -2.91. The number of carbonyl (C=O) groups is 1. The predicted octanol–water partition coefficient (Wildman–Crippen LogP) is 2.93. The highest BCUT2D eigenvalue weighted by Crippen LogP contribution is 2.22. The number of carbonyl (C=O) groups excluding carboxylic acids is 1. The number of para-hydroxylation sites is 1. The normalized spacial score (nSPS) is 18.4. The fourth-order valence-corrected chi connectivity index (χ4v) is 4.84. The first-order valence-corrected chi connectivity index (χ1v) is 10.8. The molecule has 0 aromatic heterocycles. The van der Waals surface area contributed by atoms with Gasteiger partial charge in [-0.05, 0) is 49.9 Å². The molecule has 0 aliphatic carbocycles. The summed E-state index contributed by atoms with van der Waals surface area (Å²) in [5.41, 5.74) is 0.700. The number of ether oxygens (including phenoxy) is 1. The van der Waals surface area contributed by atoms with Gasteiger partial charge in [0, 0.05) is 24.7 Å². The summed E-state index contributed by atoms with van der Waals surface area (Å²) in [6, 6.07) is 16.7. The second kappa shape index (κ2) is 8.54. The van der Waals surface area contributed by atoms with Crippen LogP contribution in [-0.4, -0.2) is 50.4 Å². The number of sulfone groups is 1. The second-order valence-electron chi connectivity index (χ2n) is 6.78. The summed E-state index contributed by atoms with van der Waals surface area (Å²) in [5.74, 6) is 1.78. The lowest BCUT2D eigenvalue weighted by Crippen LogP contribution is -2.35. The van der Waals surface area contributed by atoms with Gasteiger partial charge in [-0.15, -0.1) is 0 Å².